The van der Waals surface area contributed by atoms with Crippen LogP contribution in [0.4, 0.5) is 5.69 Å². The van der Waals surface area contributed by atoms with Crippen LogP contribution in [0.3, 0.4) is 0 Å². The van der Waals surface area contributed by atoms with Crippen LogP contribution in [-0.4, -0.2) is 12.0 Å². The molecule has 0 heterocycles. The molecule has 0 aliphatic heterocycles. The van der Waals surface area contributed by atoms with Crippen LogP contribution in [0.5, 0.6) is 17.2 Å². The number of benzene rings is 2. The Morgan fingerprint density at radius 3 is 2.42 bits per heavy atom. The largest absolute Gasteiger partial charge is 0.493 e. The SMILES string of the molecule is COc1ccccc1Oc1c(Cl)cccc1[N+](=O)[O-]. The van der Waals surface area contributed by atoms with Crippen molar-refractivity contribution in [3.8, 4) is 17.2 Å². The van der Waals surface area contributed by atoms with E-state index in [2.05, 4.69) is 0 Å². The molecule has 0 unspecified atom stereocenters. The second-order valence-electron chi connectivity index (χ2n) is 3.60. The van der Waals surface area contributed by atoms with Crippen molar-refractivity contribution in [2.75, 3.05) is 7.11 Å². The summed E-state index contributed by atoms with van der Waals surface area (Å²) in [5.41, 5.74) is -0.196. The lowest BCUT2D eigenvalue weighted by Gasteiger charge is -2.11. The van der Waals surface area contributed by atoms with Gasteiger partial charge in [0.15, 0.2) is 11.5 Å². The van der Waals surface area contributed by atoms with Gasteiger partial charge in [-0.25, -0.2) is 0 Å². The van der Waals surface area contributed by atoms with E-state index in [1.807, 2.05) is 0 Å². The normalized spacial score (nSPS) is 10.0. The van der Waals surface area contributed by atoms with Gasteiger partial charge in [0.1, 0.15) is 0 Å². The number of hydrogen-bond donors (Lipinski definition) is 0. The number of nitro benzene ring substituents is 1. The average molecular weight is 280 g/mol. The van der Waals surface area contributed by atoms with Gasteiger partial charge in [-0.15, -0.1) is 0 Å². The van der Waals surface area contributed by atoms with E-state index in [1.165, 1.54) is 25.3 Å². The fourth-order valence-corrected chi connectivity index (χ4v) is 1.76. The second kappa shape index (κ2) is 5.58. The lowest BCUT2D eigenvalue weighted by molar-refractivity contribution is -0.385. The minimum atomic E-state index is -0.545. The van der Waals surface area contributed by atoms with E-state index in [4.69, 9.17) is 21.1 Å². The number of para-hydroxylation sites is 3. The highest BCUT2D eigenvalue weighted by Crippen LogP contribution is 2.40. The van der Waals surface area contributed by atoms with E-state index < -0.39 is 4.92 Å². The van der Waals surface area contributed by atoms with E-state index in [1.54, 1.807) is 24.3 Å². The topological polar surface area (TPSA) is 61.6 Å². The molecular weight excluding hydrogens is 270 g/mol. The van der Waals surface area contributed by atoms with Crippen LogP contribution in [0.25, 0.3) is 0 Å². The molecule has 0 amide bonds. The smallest absolute Gasteiger partial charge is 0.313 e. The van der Waals surface area contributed by atoms with Crippen LogP contribution in [0.2, 0.25) is 5.02 Å². The summed E-state index contributed by atoms with van der Waals surface area (Å²) >= 11 is 5.95. The average Bonchev–Trinajstić information content (AvgIpc) is 2.41. The molecule has 0 bridgehead atoms. The first-order valence-electron chi connectivity index (χ1n) is 5.37. The number of ether oxygens (including phenoxy) is 2. The standard InChI is InChI=1S/C13H10ClNO4/c1-18-11-7-2-3-8-12(11)19-13-9(14)5-4-6-10(13)15(16)17/h2-8H,1H3. The van der Waals surface area contributed by atoms with Crippen molar-refractivity contribution in [3.63, 3.8) is 0 Å². The van der Waals surface area contributed by atoms with Gasteiger partial charge in [-0.05, 0) is 18.2 Å². The minimum absolute atomic E-state index is 0.00123. The monoisotopic (exact) mass is 279 g/mol. The van der Waals surface area contributed by atoms with Crippen LogP contribution in [-0.2, 0) is 0 Å². The van der Waals surface area contributed by atoms with Crippen molar-refractivity contribution < 1.29 is 14.4 Å². The van der Waals surface area contributed by atoms with Gasteiger partial charge in [0.05, 0.1) is 17.1 Å². The predicted molar refractivity (Wildman–Crippen MR) is 71.2 cm³/mol. The second-order valence-corrected chi connectivity index (χ2v) is 4.01. The molecule has 2 aromatic rings. The molecule has 0 spiro atoms. The Bertz CT molecular complexity index is 615. The van der Waals surface area contributed by atoms with Gasteiger partial charge in [0, 0.05) is 6.07 Å². The molecule has 0 N–H and O–H groups in total. The van der Waals surface area contributed by atoms with E-state index in [-0.39, 0.29) is 16.5 Å². The molecule has 0 aromatic heterocycles. The zero-order chi connectivity index (χ0) is 13.8. The lowest BCUT2D eigenvalue weighted by Crippen LogP contribution is -1.95. The van der Waals surface area contributed by atoms with E-state index in [0.717, 1.165) is 0 Å². The van der Waals surface area contributed by atoms with Gasteiger partial charge in [-0.1, -0.05) is 29.8 Å². The Morgan fingerprint density at radius 2 is 1.79 bits per heavy atom. The molecule has 98 valence electrons. The molecule has 0 saturated heterocycles. The number of rotatable bonds is 4. The van der Waals surface area contributed by atoms with Gasteiger partial charge in [0.25, 0.3) is 0 Å². The van der Waals surface area contributed by atoms with Crippen molar-refractivity contribution in [2.45, 2.75) is 0 Å². The maximum Gasteiger partial charge on any atom is 0.313 e. The molecular formula is C13H10ClNO4. The molecule has 6 heteroatoms. The molecule has 0 aliphatic carbocycles. The Morgan fingerprint density at radius 1 is 1.11 bits per heavy atom. The fourth-order valence-electron chi connectivity index (χ4n) is 1.56. The molecule has 2 aromatic carbocycles. The summed E-state index contributed by atoms with van der Waals surface area (Å²) in [5.74, 6) is 0.830. The molecule has 0 radical (unpaired) electrons. The van der Waals surface area contributed by atoms with E-state index >= 15 is 0 Å². The van der Waals surface area contributed by atoms with Crippen LogP contribution in [0.1, 0.15) is 0 Å². The first kappa shape index (κ1) is 13.2. The van der Waals surface area contributed by atoms with Gasteiger partial charge in [-0.3, -0.25) is 10.1 Å². The summed E-state index contributed by atoms with van der Waals surface area (Å²) in [5, 5.41) is 11.1. The van der Waals surface area contributed by atoms with Crippen LogP contribution in [0, 0.1) is 10.1 Å². The first-order chi connectivity index (χ1) is 9.13. The third-order valence-corrected chi connectivity index (χ3v) is 2.72. The van der Waals surface area contributed by atoms with Crippen molar-refractivity contribution >= 4 is 17.3 Å². The zero-order valence-electron chi connectivity index (χ0n) is 10.00. The quantitative estimate of drug-likeness (QED) is 0.626. The number of hydrogen-bond acceptors (Lipinski definition) is 4. The third-order valence-electron chi connectivity index (χ3n) is 2.42. The fraction of sp³-hybridized carbons (Fsp3) is 0.0769. The third kappa shape index (κ3) is 2.77. The van der Waals surface area contributed by atoms with Gasteiger partial charge in [-0.2, -0.15) is 0 Å². The highest BCUT2D eigenvalue weighted by molar-refractivity contribution is 6.32. The van der Waals surface area contributed by atoms with Crippen LogP contribution >= 0.6 is 11.6 Å². The van der Waals surface area contributed by atoms with E-state index in [0.29, 0.717) is 11.5 Å². The number of nitrogens with zero attached hydrogens (tertiary/aromatic N) is 1. The number of methoxy groups -OCH3 is 1. The van der Waals surface area contributed by atoms with Crippen LogP contribution in [0.15, 0.2) is 42.5 Å². The van der Waals surface area contributed by atoms with Crippen LogP contribution < -0.4 is 9.47 Å². The summed E-state index contributed by atoms with van der Waals surface area (Å²) in [7, 11) is 1.49. The molecule has 19 heavy (non-hydrogen) atoms. The van der Waals surface area contributed by atoms with Crippen molar-refractivity contribution in [3.05, 3.63) is 57.6 Å². The lowest BCUT2D eigenvalue weighted by atomic mass is 10.3. The Balaban J connectivity index is 2.46. The van der Waals surface area contributed by atoms with Crippen molar-refractivity contribution in [1.82, 2.24) is 0 Å². The van der Waals surface area contributed by atoms with Crippen molar-refractivity contribution in [1.29, 1.82) is 0 Å². The summed E-state index contributed by atoms with van der Waals surface area (Å²) in [6.45, 7) is 0. The molecule has 0 fully saturated rings. The maximum atomic E-state index is 11.0. The molecule has 2 rings (SSSR count). The van der Waals surface area contributed by atoms with Crippen molar-refractivity contribution in [2.24, 2.45) is 0 Å². The minimum Gasteiger partial charge on any atom is -0.493 e. The number of nitro groups is 1. The summed E-state index contributed by atoms with van der Waals surface area (Å²) in [6, 6.07) is 11.2. The Kier molecular flexibility index (Phi) is 3.87. The zero-order valence-corrected chi connectivity index (χ0v) is 10.8. The number of halogens is 1. The predicted octanol–water partition coefficient (Wildman–Crippen LogP) is 4.05. The van der Waals surface area contributed by atoms with Gasteiger partial charge >= 0.3 is 5.69 Å². The molecule has 0 aliphatic rings. The molecule has 0 saturated carbocycles. The summed E-state index contributed by atoms with van der Waals surface area (Å²) in [4.78, 5) is 10.4. The molecule has 0 atom stereocenters. The molecule has 5 nitrogen and oxygen atoms in total. The maximum absolute atomic E-state index is 11.0. The van der Waals surface area contributed by atoms with Gasteiger partial charge < -0.3 is 9.47 Å². The summed E-state index contributed by atoms with van der Waals surface area (Å²) in [6.07, 6.45) is 0. The van der Waals surface area contributed by atoms with E-state index in [9.17, 15) is 10.1 Å². The highest BCUT2D eigenvalue weighted by Gasteiger charge is 2.20. The Labute approximate surface area is 114 Å². The summed E-state index contributed by atoms with van der Waals surface area (Å²) < 4.78 is 10.6. The highest BCUT2D eigenvalue weighted by atomic mass is 35.5. The van der Waals surface area contributed by atoms with Gasteiger partial charge in [0.2, 0.25) is 5.75 Å². The Hall–Kier alpha value is -2.27. The first-order valence-corrected chi connectivity index (χ1v) is 5.75.